The van der Waals surface area contributed by atoms with E-state index in [-0.39, 0.29) is 5.41 Å². The van der Waals surface area contributed by atoms with Crippen LogP contribution in [0.15, 0.2) is 24.3 Å². The van der Waals surface area contributed by atoms with E-state index in [0.29, 0.717) is 17.2 Å². The van der Waals surface area contributed by atoms with Gasteiger partial charge in [0, 0.05) is 5.38 Å². The molecule has 1 aliphatic carbocycles. The second-order valence-corrected chi connectivity index (χ2v) is 8.62. The van der Waals surface area contributed by atoms with Gasteiger partial charge < -0.3 is 0 Å². The van der Waals surface area contributed by atoms with E-state index in [9.17, 15) is 0 Å². The molecule has 2 rings (SSSR count). The molecule has 0 saturated heterocycles. The molecule has 0 radical (unpaired) electrons. The molecule has 1 aromatic carbocycles. The van der Waals surface area contributed by atoms with Crippen LogP contribution in [0.25, 0.3) is 0 Å². The quantitative estimate of drug-likeness (QED) is 0.580. The van der Waals surface area contributed by atoms with Crippen molar-refractivity contribution < 1.29 is 0 Å². The topological polar surface area (TPSA) is 0 Å². The summed E-state index contributed by atoms with van der Waals surface area (Å²) in [5.74, 6) is 2.08. The average molecular weight is 307 g/mol. The fraction of sp³-hybridized carbons (Fsp3) is 0.700. The summed E-state index contributed by atoms with van der Waals surface area (Å²) in [6, 6.07) is 9.21. The highest BCUT2D eigenvalue weighted by Gasteiger charge is 2.39. The summed E-state index contributed by atoms with van der Waals surface area (Å²) in [5.41, 5.74) is 3.09. The van der Waals surface area contributed by atoms with Crippen molar-refractivity contribution in [1.82, 2.24) is 0 Å². The summed E-state index contributed by atoms with van der Waals surface area (Å²) in [7, 11) is 0. The molecule has 0 N–H and O–H groups in total. The summed E-state index contributed by atoms with van der Waals surface area (Å²) in [5, 5.41) is 0.317. The van der Waals surface area contributed by atoms with Crippen LogP contribution in [0.2, 0.25) is 0 Å². The van der Waals surface area contributed by atoms with Gasteiger partial charge in [0.15, 0.2) is 0 Å². The Morgan fingerprint density at radius 2 is 1.95 bits per heavy atom. The highest BCUT2D eigenvalue weighted by molar-refractivity contribution is 6.20. The molecule has 0 bridgehead atoms. The molecule has 0 aliphatic heterocycles. The minimum absolute atomic E-state index is 0.166. The zero-order chi connectivity index (χ0) is 15.6. The first kappa shape index (κ1) is 16.9. The van der Waals surface area contributed by atoms with Gasteiger partial charge in [-0.2, -0.15) is 0 Å². The van der Waals surface area contributed by atoms with Gasteiger partial charge in [-0.3, -0.25) is 0 Å². The summed E-state index contributed by atoms with van der Waals surface area (Å²) >= 11 is 6.74. The van der Waals surface area contributed by atoms with Crippen LogP contribution < -0.4 is 0 Å². The molecule has 1 aliphatic rings. The van der Waals surface area contributed by atoms with Gasteiger partial charge in [0.25, 0.3) is 0 Å². The lowest BCUT2D eigenvalue weighted by molar-refractivity contribution is 0.207. The van der Waals surface area contributed by atoms with E-state index in [0.717, 1.165) is 12.3 Å². The minimum atomic E-state index is 0.166. The second-order valence-electron chi connectivity index (χ2n) is 8.06. The standard InChI is InChI=1S/C20H31Cl/c1-14(2)11-16-7-6-8-17(13-16)20(4,5)18-10-9-15(3)12-19(18)21/h6-8,13-15,18-19H,9-12H2,1-5H3. The number of hydrogen-bond donors (Lipinski definition) is 0. The smallest absolute Gasteiger partial charge is 0.0375 e. The van der Waals surface area contributed by atoms with Crippen LogP contribution in [0.5, 0.6) is 0 Å². The first-order valence-corrected chi connectivity index (χ1v) is 8.97. The van der Waals surface area contributed by atoms with E-state index >= 15 is 0 Å². The molecule has 1 heteroatoms. The largest absolute Gasteiger partial charge is 0.123 e. The lowest BCUT2D eigenvalue weighted by Crippen LogP contribution is -2.38. The van der Waals surface area contributed by atoms with Crippen LogP contribution in [0.3, 0.4) is 0 Å². The van der Waals surface area contributed by atoms with E-state index in [1.807, 2.05) is 0 Å². The molecule has 0 spiro atoms. The van der Waals surface area contributed by atoms with Crippen LogP contribution in [0.4, 0.5) is 0 Å². The molecule has 0 heterocycles. The molecule has 1 saturated carbocycles. The molecular weight excluding hydrogens is 276 g/mol. The zero-order valence-corrected chi connectivity index (χ0v) is 15.1. The van der Waals surface area contributed by atoms with Gasteiger partial charge in [-0.15, -0.1) is 11.6 Å². The molecule has 0 aromatic heterocycles. The van der Waals surface area contributed by atoms with Gasteiger partial charge in [0.1, 0.15) is 0 Å². The highest BCUT2D eigenvalue weighted by Crippen LogP contribution is 2.44. The Labute approximate surface area is 136 Å². The minimum Gasteiger partial charge on any atom is -0.123 e. The normalized spacial score (nSPS) is 27.1. The predicted octanol–water partition coefficient (Wildman–Crippen LogP) is 6.21. The van der Waals surface area contributed by atoms with E-state index in [1.165, 1.54) is 30.4 Å². The third-order valence-electron chi connectivity index (χ3n) is 5.28. The van der Waals surface area contributed by atoms with Crippen molar-refractivity contribution in [2.75, 3.05) is 0 Å². The van der Waals surface area contributed by atoms with E-state index in [2.05, 4.69) is 58.9 Å². The Balaban J connectivity index is 2.22. The van der Waals surface area contributed by atoms with Gasteiger partial charge >= 0.3 is 0 Å². The summed E-state index contributed by atoms with van der Waals surface area (Å²) in [4.78, 5) is 0. The third-order valence-corrected chi connectivity index (χ3v) is 5.76. The van der Waals surface area contributed by atoms with Crippen LogP contribution >= 0.6 is 11.6 Å². The van der Waals surface area contributed by atoms with Gasteiger partial charge in [-0.05, 0) is 53.6 Å². The second kappa shape index (κ2) is 6.73. The lowest BCUT2D eigenvalue weighted by atomic mass is 9.65. The van der Waals surface area contributed by atoms with Crippen molar-refractivity contribution >= 4 is 11.6 Å². The molecule has 3 unspecified atom stereocenters. The Kier molecular flexibility index (Phi) is 5.41. The molecule has 0 amide bonds. The fourth-order valence-corrected chi connectivity index (χ4v) is 4.65. The molecule has 21 heavy (non-hydrogen) atoms. The zero-order valence-electron chi connectivity index (χ0n) is 14.3. The molecule has 3 atom stereocenters. The molecule has 0 nitrogen and oxygen atoms in total. The monoisotopic (exact) mass is 306 g/mol. The van der Waals surface area contributed by atoms with E-state index < -0.39 is 0 Å². The van der Waals surface area contributed by atoms with Gasteiger partial charge in [0.2, 0.25) is 0 Å². The van der Waals surface area contributed by atoms with Crippen LogP contribution in [-0.4, -0.2) is 5.38 Å². The van der Waals surface area contributed by atoms with Crippen molar-refractivity contribution in [1.29, 1.82) is 0 Å². The number of halogens is 1. The molecule has 1 fully saturated rings. The maximum Gasteiger partial charge on any atom is 0.0375 e. The predicted molar refractivity (Wildman–Crippen MR) is 94.2 cm³/mol. The Bertz CT molecular complexity index is 461. The van der Waals surface area contributed by atoms with Gasteiger partial charge in [-0.25, -0.2) is 0 Å². The fourth-order valence-electron chi connectivity index (χ4n) is 3.91. The van der Waals surface area contributed by atoms with Crippen LogP contribution in [0, 0.1) is 17.8 Å². The van der Waals surface area contributed by atoms with Crippen molar-refractivity contribution in [2.45, 2.75) is 71.1 Å². The molecular formula is C20H31Cl. The van der Waals surface area contributed by atoms with E-state index in [1.54, 1.807) is 0 Å². The summed E-state index contributed by atoms with van der Waals surface area (Å²) in [6.45, 7) is 11.7. The Hall–Kier alpha value is -0.490. The van der Waals surface area contributed by atoms with Gasteiger partial charge in [0.05, 0.1) is 0 Å². The molecule has 1 aromatic rings. The van der Waals surface area contributed by atoms with E-state index in [4.69, 9.17) is 11.6 Å². The van der Waals surface area contributed by atoms with Crippen molar-refractivity contribution in [2.24, 2.45) is 17.8 Å². The number of alkyl halides is 1. The highest BCUT2D eigenvalue weighted by atomic mass is 35.5. The van der Waals surface area contributed by atoms with Gasteiger partial charge in [-0.1, -0.05) is 65.3 Å². The van der Waals surface area contributed by atoms with Crippen LogP contribution in [-0.2, 0) is 11.8 Å². The van der Waals surface area contributed by atoms with Crippen LogP contribution in [0.1, 0.15) is 65.0 Å². The SMILES string of the molecule is CC(C)Cc1cccc(C(C)(C)C2CCC(C)CC2Cl)c1. The maximum atomic E-state index is 6.74. The van der Waals surface area contributed by atoms with Crippen molar-refractivity contribution in [3.63, 3.8) is 0 Å². The van der Waals surface area contributed by atoms with Crippen molar-refractivity contribution in [3.05, 3.63) is 35.4 Å². The third kappa shape index (κ3) is 4.03. The number of rotatable bonds is 4. The van der Waals surface area contributed by atoms with Crippen molar-refractivity contribution in [3.8, 4) is 0 Å². The maximum absolute atomic E-state index is 6.74. The lowest BCUT2D eigenvalue weighted by Gasteiger charge is -2.42. The number of hydrogen-bond acceptors (Lipinski definition) is 0. The first-order valence-electron chi connectivity index (χ1n) is 8.54. The first-order chi connectivity index (χ1) is 9.80. The summed E-state index contributed by atoms with van der Waals surface area (Å²) < 4.78 is 0. The molecule has 118 valence electrons. The summed E-state index contributed by atoms with van der Waals surface area (Å²) in [6.07, 6.45) is 4.91. The average Bonchev–Trinajstić information content (AvgIpc) is 2.37. The number of benzene rings is 1. The Morgan fingerprint density at radius 1 is 1.24 bits per heavy atom. The Morgan fingerprint density at radius 3 is 2.57 bits per heavy atom.